The lowest BCUT2D eigenvalue weighted by Gasteiger charge is -2.19. The quantitative estimate of drug-likeness (QED) is 0.517. The summed E-state index contributed by atoms with van der Waals surface area (Å²) in [5, 5.41) is 5.76. The van der Waals surface area contributed by atoms with Crippen molar-refractivity contribution in [2.75, 3.05) is 13.7 Å². The Labute approximate surface area is 170 Å². The number of aromatic nitrogens is 2. The lowest BCUT2D eigenvalue weighted by Crippen LogP contribution is -2.31. The molecule has 0 saturated heterocycles. The van der Waals surface area contributed by atoms with Crippen LogP contribution in [0.2, 0.25) is 5.02 Å². The number of hydrogen-bond acceptors (Lipinski definition) is 8. The predicted molar refractivity (Wildman–Crippen MR) is 104 cm³/mol. The summed E-state index contributed by atoms with van der Waals surface area (Å²) in [6.45, 7) is 1.68. The Balaban J connectivity index is 1.90. The third kappa shape index (κ3) is 4.09. The number of nitrogens with zero attached hydrogens (tertiary/aromatic N) is 3. The van der Waals surface area contributed by atoms with Gasteiger partial charge in [-0.3, -0.25) is 0 Å². The van der Waals surface area contributed by atoms with E-state index in [9.17, 15) is 13.2 Å². The Hall–Kier alpha value is -2.27. The number of carbonyl (C=O) groups excluding carboxylic acids is 1. The molecule has 3 rings (SSSR count). The molecule has 8 nitrogen and oxygen atoms in total. The molecular formula is C17H16ClN3O5S2. The van der Waals surface area contributed by atoms with Gasteiger partial charge in [0.2, 0.25) is 21.7 Å². The normalized spacial score (nSPS) is 11.7. The minimum absolute atomic E-state index is 0.00379. The van der Waals surface area contributed by atoms with E-state index < -0.39 is 16.0 Å². The fourth-order valence-electron chi connectivity index (χ4n) is 2.43. The van der Waals surface area contributed by atoms with E-state index in [0.717, 1.165) is 9.18 Å². The van der Waals surface area contributed by atoms with E-state index in [1.54, 1.807) is 6.92 Å². The van der Waals surface area contributed by atoms with Crippen molar-refractivity contribution in [3.8, 4) is 10.7 Å². The monoisotopic (exact) mass is 441 g/mol. The Morgan fingerprint density at radius 1 is 1.36 bits per heavy atom. The zero-order chi connectivity index (χ0) is 20.3. The third-order valence-corrected chi connectivity index (χ3v) is 7.11. The number of methoxy groups -OCH3 is 1. The zero-order valence-electron chi connectivity index (χ0n) is 15.0. The van der Waals surface area contributed by atoms with Crippen LogP contribution in [-0.4, -0.2) is 42.5 Å². The van der Waals surface area contributed by atoms with Crippen LogP contribution in [0.25, 0.3) is 10.7 Å². The first-order valence-electron chi connectivity index (χ1n) is 8.11. The molecule has 0 N–H and O–H groups in total. The molecule has 2 heterocycles. The second kappa shape index (κ2) is 8.39. The van der Waals surface area contributed by atoms with Crippen molar-refractivity contribution in [3.63, 3.8) is 0 Å². The first-order valence-corrected chi connectivity index (χ1v) is 10.8. The summed E-state index contributed by atoms with van der Waals surface area (Å²) in [7, 11) is -2.81. The van der Waals surface area contributed by atoms with Crippen molar-refractivity contribution in [2.45, 2.75) is 18.4 Å². The maximum atomic E-state index is 13.1. The number of halogens is 1. The molecule has 0 aliphatic carbocycles. The highest BCUT2D eigenvalue weighted by Gasteiger charge is 2.28. The molecule has 0 amide bonds. The van der Waals surface area contributed by atoms with Gasteiger partial charge in [0.15, 0.2) is 0 Å². The highest BCUT2D eigenvalue weighted by molar-refractivity contribution is 7.89. The molecule has 0 unspecified atom stereocenters. The average molecular weight is 442 g/mol. The Morgan fingerprint density at radius 3 is 2.79 bits per heavy atom. The van der Waals surface area contributed by atoms with Gasteiger partial charge in [0.05, 0.1) is 29.1 Å². The van der Waals surface area contributed by atoms with Crippen LogP contribution >= 0.6 is 22.9 Å². The third-order valence-electron chi connectivity index (χ3n) is 3.84. The molecule has 0 bridgehead atoms. The summed E-state index contributed by atoms with van der Waals surface area (Å²) in [6, 6.07) is 7.63. The number of sulfonamides is 1. The molecule has 28 heavy (non-hydrogen) atoms. The molecule has 0 radical (unpaired) electrons. The van der Waals surface area contributed by atoms with Gasteiger partial charge in [-0.05, 0) is 29.6 Å². The second-order valence-electron chi connectivity index (χ2n) is 5.56. The van der Waals surface area contributed by atoms with Crippen LogP contribution in [0.5, 0.6) is 0 Å². The van der Waals surface area contributed by atoms with Gasteiger partial charge in [-0.2, -0.15) is 9.29 Å². The molecule has 0 aliphatic heterocycles. The van der Waals surface area contributed by atoms with E-state index >= 15 is 0 Å². The molecule has 2 aromatic heterocycles. The van der Waals surface area contributed by atoms with Gasteiger partial charge in [-0.15, -0.1) is 11.3 Å². The van der Waals surface area contributed by atoms with Crippen LogP contribution in [0.15, 0.2) is 45.1 Å². The van der Waals surface area contributed by atoms with Crippen LogP contribution in [0.1, 0.15) is 23.2 Å². The summed E-state index contributed by atoms with van der Waals surface area (Å²) < 4.78 is 37.2. The largest absolute Gasteiger partial charge is 0.465 e. The first kappa shape index (κ1) is 20.5. The lowest BCUT2D eigenvalue weighted by atomic mass is 10.2. The number of rotatable bonds is 7. The molecular weight excluding hydrogens is 426 g/mol. The highest BCUT2D eigenvalue weighted by Crippen LogP contribution is 2.28. The van der Waals surface area contributed by atoms with Crippen molar-refractivity contribution in [3.05, 3.63) is 52.2 Å². The number of carbonyl (C=O) groups is 1. The number of ether oxygens (including phenoxy) is 1. The Bertz CT molecular complexity index is 1080. The van der Waals surface area contributed by atoms with Crippen LogP contribution in [0.3, 0.4) is 0 Å². The lowest BCUT2D eigenvalue weighted by molar-refractivity contribution is 0.0600. The molecule has 0 saturated carbocycles. The Kier molecular flexibility index (Phi) is 6.14. The van der Waals surface area contributed by atoms with Crippen molar-refractivity contribution >= 4 is 38.9 Å². The molecule has 0 fully saturated rings. The van der Waals surface area contributed by atoms with Crippen molar-refractivity contribution < 1.29 is 22.5 Å². The van der Waals surface area contributed by atoms with Crippen LogP contribution in [0.4, 0.5) is 0 Å². The van der Waals surface area contributed by atoms with Crippen molar-refractivity contribution in [1.29, 1.82) is 0 Å². The summed E-state index contributed by atoms with van der Waals surface area (Å²) in [5.74, 6) is -0.119. The highest BCUT2D eigenvalue weighted by atomic mass is 35.5. The summed E-state index contributed by atoms with van der Waals surface area (Å²) >= 11 is 7.54. The number of thiophene rings is 1. The minimum atomic E-state index is -4.02. The fourth-order valence-corrected chi connectivity index (χ4v) is 4.98. The van der Waals surface area contributed by atoms with Gasteiger partial charge < -0.3 is 9.26 Å². The van der Waals surface area contributed by atoms with E-state index in [0.29, 0.717) is 5.82 Å². The minimum Gasteiger partial charge on any atom is -0.465 e. The summed E-state index contributed by atoms with van der Waals surface area (Å²) in [5.41, 5.74) is 0.0827. The molecule has 11 heteroatoms. The van der Waals surface area contributed by atoms with Crippen LogP contribution in [0, 0.1) is 0 Å². The van der Waals surface area contributed by atoms with E-state index in [4.69, 9.17) is 16.1 Å². The molecule has 0 aliphatic rings. The molecule has 1 aromatic carbocycles. The van der Waals surface area contributed by atoms with E-state index in [1.165, 1.54) is 36.6 Å². The van der Waals surface area contributed by atoms with Crippen molar-refractivity contribution in [2.24, 2.45) is 0 Å². The maximum absolute atomic E-state index is 13.1. The predicted octanol–water partition coefficient (Wildman–Crippen LogP) is 3.45. The molecule has 0 atom stereocenters. The summed E-state index contributed by atoms with van der Waals surface area (Å²) in [6.07, 6.45) is 0. The van der Waals surface area contributed by atoms with Gasteiger partial charge >= 0.3 is 5.97 Å². The van der Waals surface area contributed by atoms with E-state index in [1.807, 2.05) is 17.5 Å². The van der Waals surface area contributed by atoms with Gasteiger partial charge in [-0.25, -0.2) is 13.2 Å². The second-order valence-corrected chi connectivity index (χ2v) is 8.82. The fraction of sp³-hybridized carbons (Fsp3) is 0.235. The van der Waals surface area contributed by atoms with Crippen LogP contribution < -0.4 is 0 Å². The van der Waals surface area contributed by atoms with Gasteiger partial charge in [0.1, 0.15) is 4.90 Å². The Morgan fingerprint density at radius 2 is 2.14 bits per heavy atom. The number of benzene rings is 1. The summed E-state index contributed by atoms with van der Waals surface area (Å²) in [4.78, 5) is 16.6. The zero-order valence-corrected chi connectivity index (χ0v) is 17.3. The maximum Gasteiger partial charge on any atom is 0.337 e. The van der Waals surface area contributed by atoms with Gasteiger partial charge in [-0.1, -0.05) is 29.7 Å². The average Bonchev–Trinajstić information content (AvgIpc) is 3.37. The molecule has 0 spiro atoms. The first-order chi connectivity index (χ1) is 13.4. The van der Waals surface area contributed by atoms with E-state index in [2.05, 4.69) is 14.9 Å². The smallest absolute Gasteiger partial charge is 0.337 e. The van der Waals surface area contributed by atoms with Gasteiger partial charge in [0.25, 0.3) is 0 Å². The number of esters is 1. The number of hydrogen-bond donors (Lipinski definition) is 0. The topological polar surface area (TPSA) is 103 Å². The van der Waals surface area contributed by atoms with E-state index in [-0.39, 0.29) is 34.5 Å². The standard InChI is InChI=1S/C17H16ClN3O5S2/c1-3-21(10-15-19-16(20-26-15)13-5-4-8-27-13)28(23,24)14-9-11(17(22)25-2)6-7-12(14)18/h4-9H,3,10H2,1-2H3. The molecule has 148 valence electrons. The van der Waals surface area contributed by atoms with Crippen LogP contribution in [-0.2, 0) is 21.3 Å². The van der Waals surface area contributed by atoms with Crippen molar-refractivity contribution in [1.82, 2.24) is 14.4 Å². The van der Waals surface area contributed by atoms with Gasteiger partial charge in [0, 0.05) is 6.54 Å². The SMILES string of the molecule is CCN(Cc1nc(-c2cccs2)no1)S(=O)(=O)c1cc(C(=O)OC)ccc1Cl. The molecule has 3 aromatic rings.